The number of halogens is 2. The summed E-state index contributed by atoms with van der Waals surface area (Å²) in [4.78, 5) is 11.4. The number of rotatable bonds is 12. The van der Waals surface area contributed by atoms with Gasteiger partial charge in [0.25, 0.3) is 0 Å². The molecular formula is C41H50ClFN4O4S. The number of furan rings is 1. The van der Waals surface area contributed by atoms with Crippen molar-refractivity contribution in [2.45, 2.75) is 99.3 Å². The van der Waals surface area contributed by atoms with Gasteiger partial charge in [0, 0.05) is 31.6 Å². The number of nitrogens with zero attached hydrogens (tertiary/aromatic N) is 3. The van der Waals surface area contributed by atoms with Crippen LogP contribution < -0.4 is 15.0 Å². The van der Waals surface area contributed by atoms with Crippen molar-refractivity contribution in [1.29, 1.82) is 0 Å². The van der Waals surface area contributed by atoms with Crippen molar-refractivity contribution < 1.29 is 23.3 Å². The molecular weight excluding hydrogens is 699 g/mol. The van der Waals surface area contributed by atoms with Crippen molar-refractivity contribution >= 4 is 43.8 Å². The Morgan fingerprint density at radius 3 is 2.29 bits per heavy atom. The molecule has 2 heterocycles. The normalized spacial score (nSPS) is 13.7. The summed E-state index contributed by atoms with van der Waals surface area (Å²) in [5.41, 5.74) is 9.86. The SMILES string of the molecule is [2H]C(C)(C)S(=O)(=O)C(C)CNC(C)c1oc(-c2c(C)cc3ncnc(N(C)c4cc(Cl)c(OCc5cc(F)cc(C)c5C)c(C)c4C)c3c2C)cc1C. The van der Waals surface area contributed by atoms with Crippen LogP contribution in [0, 0.1) is 54.3 Å². The minimum Gasteiger partial charge on any atom is -0.487 e. The molecule has 0 amide bonds. The molecule has 0 aliphatic carbocycles. The molecule has 5 rings (SSSR count). The Morgan fingerprint density at radius 1 is 0.923 bits per heavy atom. The molecule has 278 valence electrons. The molecule has 0 bridgehead atoms. The van der Waals surface area contributed by atoms with E-state index in [2.05, 4.69) is 10.3 Å². The number of hydrogen-bond donors (Lipinski definition) is 1. The van der Waals surface area contributed by atoms with E-state index in [4.69, 9.17) is 27.1 Å². The van der Waals surface area contributed by atoms with Crippen molar-refractivity contribution in [3.8, 4) is 17.1 Å². The Balaban J connectivity index is 1.48. The molecule has 0 radical (unpaired) electrons. The number of nitrogens with one attached hydrogen (secondary N) is 1. The van der Waals surface area contributed by atoms with E-state index in [-0.39, 0.29) is 25.0 Å². The van der Waals surface area contributed by atoms with Crippen LogP contribution in [0.3, 0.4) is 0 Å². The van der Waals surface area contributed by atoms with Crippen LogP contribution in [0.1, 0.15) is 85.4 Å². The van der Waals surface area contributed by atoms with Crippen LogP contribution in [-0.4, -0.2) is 42.5 Å². The van der Waals surface area contributed by atoms with Gasteiger partial charge in [-0.3, -0.25) is 0 Å². The molecule has 0 saturated carbocycles. The molecule has 1 N–H and O–H groups in total. The minimum absolute atomic E-state index is 0.185. The maximum Gasteiger partial charge on any atom is 0.156 e. The van der Waals surface area contributed by atoms with Gasteiger partial charge >= 0.3 is 0 Å². The Bertz CT molecular complexity index is 2320. The molecule has 2 atom stereocenters. The van der Waals surface area contributed by atoms with Gasteiger partial charge in [0.2, 0.25) is 0 Å². The summed E-state index contributed by atoms with van der Waals surface area (Å²) in [6.45, 7) is 20.6. The van der Waals surface area contributed by atoms with Gasteiger partial charge in [-0.2, -0.15) is 0 Å². The van der Waals surface area contributed by atoms with E-state index in [0.29, 0.717) is 28.1 Å². The number of hydrogen-bond acceptors (Lipinski definition) is 8. The first-order valence-corrected chi connectivity index (χ1v) is 19.3. The number of benzene rings is 3. The van der Waals surface area contributed by atoms with Crippen molar-refractivity contribution in [3.05, 3.63) is 97.8 Å². The summed E-state index contributed by atoms with van der Waals surface area (Å²) in [5.74, 6) is 2.34. The smallest absolute Gasteiger partial charge is 0.156 e. The van der Waals surface area contributed by atoms with Crippen molar-refractivity contribution in [3.63, 3.8) is 0 Å². The van der Waals surface area contributed by atoms with Gasteiger partial charge in [0.05, 0.1) is 27.1 Å². The average molecular weight is 750 g/mol. The zero-order valence-electron chi connectivity index (χ0n) is 33.2. The average Bonchev–Trinajstić information content (AvgIpc) is 3.46. The molecule has 5 aromatic rings. The van der Waals surface area contributed by atoms with E-state index in [0.717, 1.165) is 66.7 Å². The van der Waals surface area contributed by atoms with Crippen molar-refractivity contribution in [2.75, 3.05) is 18.5 Å². The monoisotopic (exact) mass is 749 g/mol. The summed E-state index contributed by atoms with van der Waals surface area (Å²) < 4.78 is 60.6. The summed E-state index contributed by atoms with van der Waals surface area (Å²) in [5, 5.41) is 2.27. The van der Waals surface area contributed by atoms with E-state index in [9.17, 15) is 12.8 Å². The lowest BCUT2D eigenvalue weighted by Crippen LogP contribution is -2.36. The lowest BCUT2D eigenvalue weighted by atomic mass is 9.95. The number of anilines is 2. The maximum absolute atomic E-state index is 14.2. The second-order valence-corrected chi connectivity index (χ2v) is 17.3. The molecule has 0 spiro atoms. The van der Waals surface area contributed by atoms with Gasteiger partial charge in [0.15, 0.2) is 9.84 Å². The first-order chi connectivity index (χ1) is 24.6. The van der Waals surface area contributed by atoms with E-state index in [1.165, 1.54) is 26.0 Å². The lowest BCUT2D eigenvalue weighted by molar-refractivity contribution is 0.302. The number of sulfone groups is 1. The van der Waals surface area contributed by atoms with Crippen LogP contribution in [0.25, 0.3) is 22.2 Å². The Hall–Kier alpha value is -3.99. The van der Waals surface area contributed by atoms with Crippen LogP contribution >= 0.6 is 11.6 Å². The second-order valence-electron chi connectivity index (χ2n) is 14.1. The maximum atomic E-state index is 14.2. The highest BCUT2D eigenvalue weighted by molar-refractivity contribution is 7.92. The topological polar surface area (TPSA) is 97.6 Å². The molecule has 0 aliphatic rings. The third-order valence-corrected chi connectivity index (χ3v) is 13.0. The Kier molecular flexibility index (Phi) is 11.0. The first kappa shape index (κ1) is 37.8. The highest BCUT2D eigenvalue weighted by Crippen LogP contribution is 2.43. The molecule has 0 aliphatic heterocycles. The molecule has 0 saturated heterocycles. The lowest BCUT2D eigenvalue weighted by Gasteiger charge is -2.26. The minimum atomic E-state index is -3.66. The van der Waals surface area contributed by atoms with E-state index >= 15 is 0 Å². The zero-order valence-corrected chi connectivity index (χ0v) is 33.7. The van der Waals surface area contributed by atoms with Crippen LogP contribution in [0.15, 0.2) is 41.1 Å². The van der Waals surface area contributed by atoms with Crippen LogP contribution in [0.5, 0.6) is 5.75 Å². The van der Waals surface area contributed by atoms with E-state index in [1.807, 2.05) is 85.5 Å². The standard InChI is InChI=1S/C41H50ClFN4O4S/c1-21(2)52(48,49)25(6)18-44-30(11)39-24(5)15-36(51-39)37-23(4)14-34-38(29(37)10)41(46-20-45-34)47(12)35-17-33(42)40(28(9)27(35)8)50-19-31-16-32(43)13-22(3)26(31)7/h13-17,20-21,25,30,44H,18-19H2,1-12H3/i21D. The molecule has 0 fully saturated rings. The first-order valence-electron chi connectivity index (χ1n) is 17.9. The highest BCUT2D eigenvalue weighted by atomic mass is 35.5. The number of fused-ring (bicyclic) bond motifs is 1. The fraction of sp³-hybridized carbons (Fsp3) is 0.415. The fourth-order valence-corrected chi connectivity index (χ4v) is 8.27. The van der Waals surface area contributed by atoms with Crippen molar-refractivity contribution in [1.82, 2.24) is 15.3 Å². The largest absolute Gasteiger partial charge is 0.487 e. The highest BCUT2D eigenvalue weighted by Gasteiger charge is 2.27. The Labute approximate surface area is 314 Å². The van der Waals surface area contributed by atoms with E-state index < -0.39 is 20.3 Å². The number of aryl methyl sites for hydroxylation is 4. The quantitative estimate of drug-likeness (QED) is 0.135. The third kappa shape index (κ3) is 7.43. The van der Waals surface area contributed by atoms with Gasteiger partial charge < -0.3 is 19.4 Å². The van der Waals surface area contributed by atoms with Gasteiger partial charge in [0.1, 0.15) is 41.8 Å². The molecule has 3 aromatic carbocycles. The molecule has 8 nitrogen and oxygen atoms in total. The molecule has 11 heteroatoms. The van der Waals surface area contributed by atoms with Crippen molar-refractivity contribution in [2.24, 2.45) is 0 Å². The van der Waals surface area contributed by atoms with Gasteiger partial charge in [-0.25, -0.2) is 22.8 Å². The second kappa shape index (κ2) is 15.2. The predicted molar refractivity (Wildman–Crippen MR) is 211 cm³/mol. The van der Waals surface area contributed by atoms with Crippen LogP contribution in [0.4, 0.5) is 15.9 Å². The van der Waals surface area contributed by atoms with Gasteiger partial charge in [-0.1, -0.05) is 11.6 Å². The predicted octanol–water partition coefficient (Wildman–Crippen LogP) is 10.1. The Morgan fingerprint density at radius 2 is 1.62 bits per heavy atom. The molecule has 52 heavy (non-hydrogen) atoms. The number of ether oxygens (including phenoxy) is 1. The zero-order chi connectivity index (χ0) is 39.3. The number of aromatic nitrogens is 2. The summed E-state index contributed by atoms with van der Waals surface area (Å²) >= 11 is 6.89. The van der Waals surface area contributed by atoms with Gasteiger partial charge in [-0.05, 0) is 151 Å². The fourth-order valence-electron chi connectivity index (χ4n) is 6.85. The third-order valence-electron chi connectivity index (χ3n) is 10.3. The summed E-state index contributed by atoms with van der Waals surface area (Å²) in [6.07, 6.45) is 1.56. The molecule has 2 unspecified atom stereocenters. The van der Waals surface area contributed by atoms with Crippen LogP contribution in [0.2, 0.25) is 5.02 Å². The van der Waals surface area contributed by atoms with Gasteiger partial charge in [-0.15, -0.1) is 0 Å². The molecule has 2 aromatic heterocycles. The summed E-state index contributed by atoms with van der Waals surface area (Å²) in [6, 6.07) is 8.65. The van der Waals surface area contributed by atoms with E-state index in [1.54, 1.807) is 13.3 Å². The van der Waals surface area contributed by atoms with Crippen LogP contribution in [-0.2, 0) is 16.4 Å². The summed E-state index contributed by atoms with van der Waals surface area (Å²) in [7, 11) is -1.71.